The zero-order valence-corrected chi connectivity index (χ0v) is 23.1. The van der Waals surface area contributed by atoms with Crippen molar-refractivity contribution in [3.05, 3.63) is 76.6 Å². The van der Waals surface area contributed by atoms with Gasteiger partial charge in [0, 0.05) is 43.8 Å². The lowest BCUT2D eigenvalue weighted by Gasteiger charge is -2.26. The number of nitrogens with one attached hydrogen (secondary N) is 2. The molecule has 0 spiro atoms. The summed E-state index contributed by atoms with van der Waals surface area (Å²) < 4.78 is 7.66. The predicted octanol–water partition coefficient (Wildman–Crippen LogP) is 5.20. The number of hydrogen-bond donors (Lipinski definition) is 2. The summed E-state index contributed by atoms with van der Waals surface area (Å²) >= 11 is 0. The van der Waals surface area contributed by atoms with Crippen LogP contribution in [0.25, 0.3) is 22.0 Å². The number of hydrogen-bond acceptors (Lipinski definition) is 5. The molecular formula is C32H39N5O2. The van der Waals surface area contributed by atoms with Crippen molar-refractivity contribution in [3.63, 3.8) is 0 Å². The van der Waals surface area contributed by atoms with Crippen molar-refractivity contribution in [2.24, 2.45) is 0 Å². The molecule has 0 unspecified atom stereocenters. The maximum atomic E-state index is 13.6. The van der Waals surface area contributed by atoms with Gasteiger partial charge in [0.25, 0.3) is 5.91 Å². The number of benzene rings is 2. The first-order chi connectivity index (χ1) is 19.0. The Morgan fingerprint density at radius 1 is 1.08 bits per heavy atom. The highest BCUT2D eigenvalue weighted by Gasteiger charge is 2.23. The summed E-state index contributed by atoms with van der Waals surface area (Å²) in [5.41, 5.74) is 8.80. The number of morpholine rings is 1. The second-order valence-corrected chi connectivity index (χ2v) is 11.2. The first-order valence-corrected chi connectivity index (χ1v) is 14.3. The zero-order chi connectivity index (χ0) is 26.8. The van der Waals surface area contributed by atoms with Crippen LogP contribution in [0.2, 0.25) is 0 Å². The summed E-state index contributed by atoms with van der Waals surface area (Å²) in [6.07, 6.45) is 8.78. The fourth-order valence-corrected chi connectivity index (χ4v) is 6.11. The Morgan fingerprint density at radius 3 is 2.59 bits per heavy atom. The summed E-state index contributed by atoms with van der Waals surface area (Å²) in [5, 5.41) is 12.3. The molecule has 39 heavy (non-hydrogen) atoms. The molecule has 3 aromatic rings. The first-order valence-electron chi connectivity index (χ1n) is 14.3. The van der Waals surface area contributed by atoms with Crippen molar-refractivity contribution < 1.29 is 9.53 Å². The SMILES string of the molecule is CC1=CC(C)=C(CNC(=O)c2cc(-c3ccc(CN4CCOCC4)cc3)cc3c2cnn3C2CCCC2)CN1. The minimum atomic E-state index is -0.0525. The maximum absolute atomic E-state index is 13.6. The number of ether oxygens (including phenoxy) is 1. The number of allylic oxidation sites excluding steroid dienone is 3. The van der Waals surface area contributed by atoms with E-state index in [1.165, 1.54) is 29.6 Å². The highest BCUT2D eigenvalue weighted by Crippen LogP contribution is 2.35. The summed E-state index contributed by atoms with van der Waals surface area (Å²) in [6.45, 7) is 9.97. The number of amides is 1. The van der Waals surface area contributed by atoms with Crippen LogP contribution in [0.15, 0.2) is 65.5 Å². The molecular weight excluding hydrogens is 486 g/mol. The molecule has 1 amide bonds. The lowest BCUT2D eigenvalue weighted by molar-refractivity contribution is 0.0342. The van der Waals surface area contributed by atoms with E-state index in [-0.39, 0.29) is 5.91 Å². The summed E-state index contributed by atoms with van der Waals surface area (Å²) in [7, 11) is 0. The highest BCUT2D eigenvalue weighted by molar-refractivity contribution is 6.08. The Hall–Kier alpha value is -3.42. The van der Waals surface area contributed by atoms with Gasteiger partial charge in [0.2, 0.25) is 0 Å². The van der Waals surface area contributed by atoms with Gasteiger partial charge in [0.15, 0.2) is 0 Å². The quantitative estimate of drug-likeness (QED) is 0.444. The molecule has 7 heteroatoms. The van der Waals surface area contributed by atoms with Crippen molar-refractivity contribution in [1.82, 2.24) is 25.3 Å². The van der Waals surface area contributed by atoms with Crippen LogP contribution >= 0.6 is 0 Å². The molecule has 2 N–H and O–H groups in total. The molecule has 7 nitrogen and oxygen atoms in total. The van der Waals surface area contributed by atoms with Crippen LogP contribution in [0.1, 0.15) is 61.5 Å². The fraction of sp³-hybridized carbons (Fsp3) is 0.438. The molecule has 2 aromatic carbocycles. The van der Waals surface area contributed by atoms with Crippen LogP contribution in [0, 0.1) is 0 Å². The smallest absolute Gasteiger partial charge is 0.252 e. The van der Waals surface area contributed by atoms with Gasteiger partial charge in [-0.25, -0.2) is 0 Å². The van der Waals surface area contributed by atoms with Gasteiger partial charge in [-0.3, -0.25) is 14.4 Å². The third-order valence-electron chi connectivity index (χ3n) is 8.46. The van der Waals surface area contributed by atoms with Gasteiger partial charge in [-0.2, -0.15) is 5.10 Å². The molecule has 0 bridgehead atoms. The minimum Gasteiger partial charge on any atom is -0.385 e. The van der Waals surface area contributed by atoms with E-state index >= 15 is 0 Å². The second kappa shape index (κ2) is 11.4. The Kier molecular flexibility index (Phi) is 7.53. The van der Waals surface area contributed by atoms with E-state index in [4.69, 9.17) is 9.84 Å². The molecule has 1 saturated carbocycles. The molecule has 3 aliphatic rings. The standard InChI is InChI=1S/C32H39N5O2/c1-22-15-23(2)33-18-27(22)19-34-32(38)29-16-26(17-31-30(29)20-35-37(31)28-5-3-4-6-28)25-9-7-24(8-10-25)21-36-11-13-39-14-12-36/h7-10,15-17,20,28,33H,3-6,11-14,18-19,21H2,1-2H3,(H,34,38). The number of fused-ring (bicyclic) bond motifs is 1. The topological polar surface area (TPSA) is 71.4 Å². The molecule has 0 radical (unpaired) electrons. The van der Waals surface area contributed by atoms with Gasteiger partial charge in [-0.15, -0.1) is 0 Å². The Labute approximate surface area is 230 Å². The first kappa shape index (κ1) is 25.8. The largest absolute Gasteiger partial charge is 0.385 e. The van der Waals surface area contributed by atoms with Crippen LogP contribution in [-0.2, 0) is 11.3 Å². The lowest BCUT2D eigenvalue weighted by atomic mass is 9.98. The molecule has 1 aliphatic carbocycles. The van der Waals surface area contributed by atoms with E-state index in [1.54, 1.807) is 0 Å². The van der Waals surface area contributed by atoms with Crippen molar-refractivity contribution >= 4 is 16.8 Å². The molecule has 2 fully saturated rings. The van der Waals surface area contributed by atoms with Gasteiger partial charge in [-0.05, 0) is 72.7 Å². The summed E-state index contributed by atoms with van der Waals surface area (Å²) in [4.78, 5) is 16.1. The van der Waals surface area contributed by atoms with Crippen molar-refractivity contribution in [2.75, 3.05) is 39.4 Å². The Morgan fingerprint density at radius 2 is 1.85 bits per heavy atom. The minimum absolute atomic E-state index is 0.0525. The highest BCUT2D eigenvalue weighted by atomic mass is 16.5. The molecule has 3 heterocycles. The predicted molar refractivity (Wildman–Crippen MR) is 156 cm³/mol. The van der Waals surface area contributed by atoms with E-state index in [0.29, 0.717) is 18.2 Å². The van der Waals surface area contributed by atoms with E-state index in [2.05, 4.69) is 70.5 Å². The zero-order valence-electron chi connectivity index (χ0n) is 23.1. The molecule has 6 rings (SSSR count). The van der Waals surface area contributed by atoms with Crippen LogP contribution in [0.5, 0.6) is 0 Å². The third kappa shape index (κ3) is 5.65. The van der Waals surface area contributed by atoms with E-state index in [1.807, 2.05) is 12.3 Å². The molecule has 204 valence electrons. The third-order valence-corrected chi connectivity index (χ3v) is 8.46. The van der Waals surface area contributed by atoms with Gasteiger partial charge in [-0.1, -0.05) is 37.1 Å². The second-order valence-electron chi connectivity index (χ2n) is 11.2. The van der Waals surface area contributed by atoms with Gasteiger partial charge in [0.1, 0.15) is 0 Å². The van der Waals surface area contributed by atoms with E-state index < -0.39 is 0 Å². The van der Waals surface area contributed by atoms with Crippen LogP contribution in [0.4, 0.5) is 0 Å². The number of dihydropyridines is 1. The van der Waals surface area contributed by atoms with Crippen LogP contribution in [-0.4, -0.2) is 60.0 Å². The molecule has 0 atom stereocenters. The number of carbonyl (C=O) groups excluding carboxylic acids is 1. The number of nitrogens with zero attached hydrogens (tertiary/aromatic N) is 3. The number of carbonyl (C=O) groups is 1. The Bertz CT molecular complexity index is 1410. The normalized spacial score (nSPS) is 18.9. The summed E-state index contributed by atoms with van der Waals surface area (Å²) in [6, 6.07) is 13.5. The van der Waals surface area contributed by atoms with Crippen molar-refractivity contribution in [3.8, 4) is 11.1 Å². The average molecular weight is 526 g/mol. The van der Waals surface area contributed by atoms with Crippen LogP contribution in [0.3, 0.4) is 0 Å². The maximum Gasteiger partial charge on any atom is 0.252 e. The Balaban J connectivity index is 1.30. The molecule has 2 aliphatic heterocycles. The van der Waals surface area contributed by atoms with Gasteiger partial charge >= 0.3 is 0 Å². The average Bonchev–Trinajstić information content (AvgIpc) is 3.63. The fourth-order valence-electron chi connectivity index (χ4n) is 6.11. The van der Waals surface area contributed by atoms with Gasteiger partial charge < -0.3 is 15.4 Å². The number of aromatic nitrogens is 2. The van der Waals surface area contributed by atoms with Crippen molar-refractivity contribution in [2.45, 2.75) is 52.1 Å². The van der Waals surface area contributed by atoms with E-state index in [9.17, 15) is 4.79 Å². The van der Waals surface area contributed by atoms with E-state index in [0.717, 1.165) is 80.0 Å². The summed E-state index contributed by atoms with van der Waals surface area (Å²) in [5.74, 6) is -0.0525. The lowest BCUT2D eigenvalue weighted by Crippen LogP contribution is -2.35. The molecule has 1 aromatic heterocycles. The van der Waals surface area contributed by atoms with Crippen LogP contribution < -0.4 is 10.6 Å². The van der Waals surface area contributed by atoms with Gasteiger partial charge in [0.05, 0.1) is 36.5 Å². The molecule has 1 saturated heterocycles. The number of rotatable bonds is 7. The van der Waals surface area contributed by atoms with Crippen molar-refractivity contribution in [1.29, 1.82) is 0 Å². The monoisotopic (exact) mass is 525 g/mol.